The van der Waals surface area contributed by atoms with Crippen molar-refractivity contribution in [1.82, 2.24) is 15.3 Å². The molecular formula is C16H16N4O3. The third kappa shape index (κ3) is 3.63. The monoisotopic (exact) mass is 312 g/mol. The van der Waals surface area contributed by atoms with E-state index in [9.17, 15) is 9.59 Å². The molecule has 2 aromatic heterocycles. The van der Waals surface area contributed by atoms with Gasteiger partial charge in [0.25, 0.3) is 11.8 Å². The van der Waals surface area contributed by atoms with Crippen molar-refractivity contribution < 1.29 is 14.3 Å². The second kappa shape index (κ2) is 6.43. The normalized spacial score (nSPS) is 13.3. The summed E-state index contributed by atoms with van der Waals surface area (Å²) in [5.41, 5.74) is 1.02. The number of carbonyl (C=O) groups excluding carboxylic acids is 2. The Morgan fingerprint density at radius 3 is 2.78 bits per heavy atom. The average molecular weight is 312 g/mol. The van der Waals surface area contributed by atoms with Crippen LogP contribution >= 0.6 is 0 Å². The Morgan fingerprint density at radius 2 is 2.04 bits per heavy atom. The molecule has 3 rings (SSSR count). The molecule has 0 bridgehead atoms. The maximum absolute atomic E-state index is 12.3. The van der Waals surface area contributed by atoms with Crippen LogP contribution in [0.4, 0.5) is 5.69 Å². The summed E-state index contributed by atoms with van der Waals surface area (Å²) in [5, 5.41) is 5.55. The Kier molecular flexibility index (Phi) is 4.18. The van der Waals surface area contributed by atoms with Crippen molar-refractivity contribution in [3.8, 4) is 5.75 Å². The molecule has 0 aliphatic heterocycles. The highest BCUT2D eigenvalue weighted by Crippen LogP contribution is 2.22. The van der Waals surface area contributed by atoms with E-state index in [-0.39, 0.29) is 23.6 Å². The van der Waals surface area contributed by atoms with Gasteiger partial charge >= 0.3 is 0 Å². The number of pyridine rings is 2. The van der Waals surface area contributed by atoms with E-state index in [1.165, 1.54) is 25.6 Å². The maximum atomic E-state index is 12.3. The summed E-state index contributed by atoms with van der Waals surface area (Å²) in [7, 11) is 1.51. The number of rotatable bonds is 5. The van der Waals surface area contributed by atoms with E-state index in [1.54, 1.807) is 18.3 Å². The lowest BCUT2D eigenvalue weighted by Gasteiger charge is -2.09. The molecule has 7 nitrogen and oxygen atoms in total. The first-order valence-corrected chi connectivity index (χ1v) is 7.23. The maximum Gasteiger partial charge on any atom is 0.270 e. The van der Waals surface area contributed by atoms with Crippen molar-refractivity contribution in [2.45, 2.75) is 18.9 Å². The van der Waals surface area contributed by atoms with Crippen molar-refractivity contribution in [2.24, 2.45) is 0 Å². The van der Waals surface area contributed by atoms with E-state index >= 15 is 0 Å². The number of anilines is 1. The van der Waals surface area contributed by atoms with E-state index in [2.05, 4.69) is 20.6 Å². The fourth-order valence-corrected chi connectivity index (χ4v) is 2.03. The van der Waals surface area contributed by atoms with Gasteiger partial charge in [-0.2, -0.15) is 0 Å². The van der Waals surface area contributed by atoms with Crippen LogP contribution in [0, 0.1) is 0 Å². The Bertz CT molecular complexity index is 744. The van der Waals surface area contributed by atoms with Crippen molar-refractivity contribution in [1.29, 1.82) is 0 Å². The Morgan fingerprint density at radius 1 is 1.22 bits per heavy atom. The molecule has 0 atom stereocenters. The van der Waals surface area contributed by atoms with Crippen LogP contribution in [0.5, 0.6) is 5.75 Å². The van der Waals surface area contributed by atoms with E-state index in [0.29, 0.717) is 17.0 Å². The molecule has 2 heterocycles. The van der Waals surface area contributed by atoms with Gasteiger partial charge in [-0.3, -0.25) is 19.6 Å². The summed E-state index contributed by atoms with van der Waals surface area (Å²) >= 11 is 0. The average Bonchev–Trinajstić information content (AvgIpc) is 3.39. The fraction of sp³-hybridized carbons (Fsp3) is 0.250. The number of hydrogen-bond donors (Lipinski definition) is 2. The smallest absolute Gasteiger partial charge is 0.270 e. The molecule has 1 aliphatic rings. The first-order chi connectivity index (χ1) is 11.2. The zero-order valence-corrected chi connectivity index (χ0v) is 12.6. The molecule has 0 aromatic carbocycles. The minimum absolute atomic E-state index is 0.225. The third-order valence-corrected chi connectivity index (χ3v) is 3.42. The number of hydrogen-bond acceptors (Lipinski definition) is 5. The highest BCUT2D eigenvalue weighted by molar-refractivity contribution is 6.06. The van der Waals surface area contributed by atoms with E-state index in [0.717, 1.165) is 12.8 Å². The second-order valence-electron chi connectivity index (χ2n) is 5.21. The molecule has 1 aliphatic carbocycles. The number of carbonyl (C=O) groups is 2. The highest BCUT2D eigenvalue weighted by atomic mass is 16.5. The van der Waals surface area contributed by atoms with E-state index in [1.807, 2.05) is 0 Å². The number of nitrogens with one attached hydrogen (secondary N) is 2. The highest BCUT2D eigenvalue weighted by Gasteiger charge is 2.24. The summed E-state index contributed by atoms with van der Waals surface area (Å²) in [6.45, 7) is 0. The van der Waals surface area contributed by atoms with Crippen LogP contribution in [0.3, 0.4) is 0 Å². The van der Waals surface area contributed by atoms with Gasteiger partial charge in [0, 0.05) is 30.1 Å². The molecule has 1 saturated carbocycles. The second-order valence-corrected chi connectivity index (χ2v) is 5.21. The lowest BCUT2D eigenvalue weighted by atomic mass is 10.2. The summed E-state index contributed by atoms with van der Waals surface area (Å²) in [6.07, 6.45) is 6.50. The molecule has 0 radical (unpaired) electrons. The topological polar surface area (TPSA) is 93.2 Å². The first kappa shape index (κ1) is 15.0. The van der Waals surface area contributed by atoms with Crippen molar-refractivity contribution in [3.05, 3.63) is 48.0 Å². The predicted octanol–water partition coefficient (Wildman–Crippen LogP) is 1.63. The number of aromatic nitrogens is 2. The lowest BCUT2D eigenvalue weighted by molar-refractivity contribution is 0.0946. The molecule has 2 aromatic rings. The first-order valence-electron chi connectivity index (χ1n) is 7.23. The van der Waals surface area contributed by atoms with Crippen LogP contribution in [0.2, 0.25) is 0 Å². The van der Waals surface area contributed by atoms with Crippen molar-refractivity contribution in [3.63, 3.8) is 0 Å². The minimum atomic E-state index is -0.362. The molecular weight excluding hydrogens is 296 g/mol. The molecule has 0 saturated heterocycles. The molecule has 0 spiro atoms. The molecule has 2 amide bonds. The zero-order chi connectivity index (χ0) is 16.2. The van der Waals surface area contributed by atoms with Crippen LogP contribution in [-0.4, -0.2) is 34.9 Å². The summed E-state index contributed by atoms with van der Waals surface area (Å²) < 4.78 is 5.16. The number of ether oxygens (including phenoxy) is 1. The van der Waals surface area contributed by atoms with Gasteiger partial charge in [0.2, 0.25) is 0 Å². The largest absolute Gasteiger partial charge is 0.494 e. The minimum Gasteiger partial charge on any atom is -0.494 e. The molecule has 7 heteroatoms. The van der Waals surface area contributed by atoms with Crippen molar-refractivity contribution in [2.75, 3.05) is 12.4 Å². The van der Waals surface area contributed by atoms with Crippen LogP contribution in [-0.2, 0) is 0 Å². The number of nitrogens with zero attached hydrogens (tertiary/aromatic N) is 2. The summed E-state index contributed by atoms with van der Waals surface area (Å²) in [6, 6.07) is 4.90. The van der Waals surface area contributed by atoms with Crippen molar-refractivity contribution >= 4 is 17.5 Å². The van der Waals surface area contributed by atoms with Crippen LogP contribution in [0.25, 0.3) is 0 Å². The van der Waals surface area contributed by atoms with Gasteiger partial charge in [-0.25, -0.2) is 0 Å². The zero-order valence-electron chi connectivity index (χ0n) is 12.6. The standard InChI is InChI=1S/C16H16N4O3/c1-23-14-5-6-17-9-13(14)20-15(21)10-4-7-18-12(8-10)16(22)19-11-2-3-11/h4-9,11H,2-3H2,1H3,(H,19,22)(H,20,21). The van der Waals surface area contributed by atoms with Crippen LogP contribution < -0.4 is 15.4 Å². The van der Waals surface area contributed by atoms with E-state index in [4.69, 9.17) is 4.74 Å². The molecule has 118 valence electrons. The Hall–Kier alpha value is -2.96. The van der Waals surface area contributed by atoms with Gasteiger partial charge in [0.15, 0.2) is 0 Å². The van der Waals surface area contributed by atoms with Gasteiger partial charge < -0.3 is 15.4 Å². The fourth-order valence-electron chi connectivity index (χ4n) is 2.03. The number of methoxy groups -OCH3 is 1. The van der Waals surface area contributed by atoms with E-state index < -0.39 is 0 Å². The summed E-state index contributed by atoms with van der Waals surface area (Å²) in [4.78, 5) is 32.3. The SMILES string of the molecule is COc1ccncc1NC(=O)c1ccnc(C(=O)NC2CC2)c1. The van der Waals surface area contributed by atoms with Gasteiger partial charge in [-0.15, -0.1) is 0 Å². The van der Waals surface area contributed by atoms with Gasteiger partial charge in [-0.05, 0) is 25.0 Å². The van der Waals surface area contributed by atoms with Gasteiger partial charge in [0.1, 0.15) is 17.1 Å². The van der Waals surface area contributed by atoms with Gasteiger partial charge in [0.05, 0.1) is 13.3 Å². The molecule has 23 heavy (non-hydrogen) atoms. The van der Waals surface area contributed by atoms with Crippen LogP contribution in [0.1, 0.15) is 33.7 Å². The van der Waals surface area contributed by atoms with Crippen LogP contribution in [0.15, 0.2) is 36.8 Å². The Labute approximate surface area is 133 Å². The quantitative estimate of drug-likeness (QED) is 0.875. The summed E-state index contributed by atoms with van der Waals surface area (Å²) in [5.74, 6) is -0.116. The molecule has 0 unspecified atom stereocenters. The molecule has 2 N–H and O–H groups in total. The predicted molar refractivity (Wildman–Crippen MR) is 83.5 cm³/mol. The Balaban J connectivity index is 1.75. The van der Waals surface area contributed by atoms with Gasteiger partial charge in [-0.1, -0.05) is 0 Å². The molecule has 1 fully saturated rings. The lowest BCUT2D eigenvalue weighted by Crippen LogP contribution is -2.26. The third-order valence-electron chi connectivity index (χ3n) is 3.42. The number of amides is 2.